The Kier molecular flexibility index (Phi) is 7.06. The van der Waals surface area contributed by atoms with Crippen LogP contribution >= 0.6 is 56.5 Å². The second-order valence-corrected chi connectivity index (χ2v) is 10.4. The van der Waals surface area contributed by atoms with Gasteiger partial charge in [0.2, 0.25) is 0 Å². The molecule has 0 saturated carbocycles. The summed E-state index contributed by atoms with van der Waals surface area (Å²) >= 11 is 5.74. The Balaban J connectivity index is 1.99. The van der Waals surface area contributed by atoms with E-state index >= 15 is 0 Å². The maximum atomic E-state index is 13.3. The third kappa shape index (κ3) is 4.27. The molecule has 33 heavy (non-hydrogen) atoms. The van der Waals surface area contributed by atoms with Gasteiger partial charge < -0.3 is 10.5 Å². The highest BCUT2D eigenvalue weighted by Crippen LogP contribution is 2.40. The van der Waals surface area contributed by atoms with Crippen LogP contribution in [-0.4, -0.2) is 17.1 Å². The minimum Gasteiger partial charge on any atom is -0.462 e. The number of esters is 1. The Morgan fingerprint density at radius 2 is 1.94 bits per heavy atom. The van der Waals surface area contributed by atoms with Crippen LogP contribution in [0, 0.1) is 14.9 Å². The van der Waals surface area contributed by atoms with E-state index in [9.17, 15) is 14.9 Å². The van der Waals surface area contributed by atoms with Gasteiger partial charge in [-0.2, -0.15) is 5.26 Å². The molecule has 2 aromatic carbocycles. The molecule has 2 N–H and O–H groups in total. The summed E-state index contributed by atoms with van der Waals surface area (Å²) in [5.41, 5.74) is 8.33. The number of nitrogens with zero attached hydrogens (tertiary/aromatic N) is 2. The minimum absolute atomic E-state index is 0.136. The molecule has 0 radical (unpaired) electrons. The van der Waals surface area contributed by atoms with Crippen LogP contribution in [0.25, 0.3) is 15.5 Å². The van der Waals surface area contributed by atoms with Gasteiger partial charge in [-0.25, -0.2) is 4.79 Å². The molecule has 0 aliphatic carbocycles. The molecule has 3 aromatic rings. The average Bonchev–Trinajstić information content (AvgIpc) is 3.13. The molecule has 2 heterocycles. The molecule has 1 aliphatic heterocycles. The number of fused-ring (bicyclic) bond motifs is 1. The number of hydrogen-bond donors (Lipinski definition) is 1. The minimum atomic E-state index is -0.447. The van der Waals surface area contributed by atoms with Crippen molar-refractivity contribution >= 4 is 78.0 Å². The van der Waals surface area contributed by atoms with E-state index in [-0.39, 0.29) is 23.9 Å². The molecule has 1 aliphatic rings. The van der Waals surface area contributed by atoms with Crippen LogP contribution in [0.5, 0.6) is 0 Å². The van der Waals surface area contributed by atoms with Crippen molar-refractivity contribution in [3.8, 4) is 6.07 Å². The largest absolute Gasteiger partial charge is 0.462 e. The summed E-state index contributed by atoms with van der Waals surface area (Å²) in [5.74, 6) is -0.657. The van der Waals surface area contributed by atoms with E-state index in [0.29, 0.717) is 25.9 Å². The average molecular weight is 681 g/mol. The maximum Gasteiger partial charge on any atom is 0.338 e. The van der Waals surface area contributed by atoms with Gasteiger partial charge in [-0.3, -0.25) is 9.36 Å². The number of allylic oxidation sites excluding steroid dienone is 1. The second-order valence-electron chi connectivity index (χ2n) is 7.08. The molecular weight excluding hydrogens is 664 g/mol. The predicted octanol–water partition coefficient (Wildman–Crippen LogP) is 3.51. The lowest BCUT2D eigenvalue weighted by Crippen LogP contribution is -2.37. The molecular formula is C24H17I2N3O3S. The van der Waals surface area contributed by atoms with Crippen LogP contribution in [-0.2, 0) is 4.74 Å². The highest BCUT2D eigenvalue weighted by molar-refractivity contribution is 14.1. The van der Waals surface area contributed by atoms with Gasteiger partial charge in [-0.1, -0.05) is 36.4 Å². The zero-order chi connectivity index (χ0) is 23.7. The van der Waals surface area contributed by atoms with Gasteiger partial charge in [0.1, 0.15) is 10.5 Å². The topological polar surface area (TPSA) is 98.1 Å². The smallest absolute Gasteiger partial charge is 0.338 e. The quantitative estimate of drug-likeness (QED) is 0.336. The van der Waals surface area contributed by atoms with Crippen LogP contribution in [0.3, 0.4) is 0 Å². The summed E-state index contributed by atoms with van der Waals surface area (Å²) in [6, 6.07) is 17.0. The number of rotatable bonds is 4. The number of nitriles is 1. The predicted molar refractivity (Wildman–Crippen MR) is 146 cm³/mol. The third-order valence-electron chi connectivity index (χ3n) is 5.17. The molecule has 1 unspecified atom stereocenters. The summed E-state index contributed by atoms with van der Waals surface area (Å²) in [4.78, 5) is 25.7. The van der Waals surface area contributed by atoms with Crippen LogP contribution in [0.15, 0.2) is 58.9 Å². The monoisotopic (exact) mass is 681 g/mol. The Hall–Kier alpha value is -2.43. The number of benzene rings is 2. The number of nitrogens with two attached hydrogens (primary N) is 1. The normalized spacial score (nSPS) is 15.9. The summed E-state index contributed by atoms with van der Waals surface area (Å²) < 4.78 is 9.50. The lowest BCUT2D eigenvalue weighted by atomic mass is 9.90. The molecule has 1 aromatic heterocycles. The molecule has 4 rings (SSSR count). The van der Waals surface area contributed by atoms with Crippen LogP contribution in [0.4, 0.5) is 0 Å². The van der Waals surface area contributed by atoms with Gasteiger partial charge in [0, 0.05) is 7.15 Å². The summed E-state index contributed by atoms with van der Waals surface area (Å²) in [7, 11) is 0. The van der Waals surface area contributed by atoms with E-state index < -0.39 is 5.97 Å². The van der Waals surface area contributed by atoms with Crippen molar-refractivity contribution in [1.82, 2.24) is 4.57 Å². The molecule has 0 fully saturated rings. The van der Waals surface area contributed by atoms with Crippen molar-refractivity contribution < 1.29 is 9.53 Å². The zero-order valence-corrected chi connectivity index (χ0v) is 22.5. The van der Waals surface area contributed by atoms with Gasteiger partial charge >= 0.3 is 5.97 Å². The van der Waals surface area contributed by atoms with Gasteiger partial charge in [0.15, 0.2) is 0 Å². The van der Waals surface area contributed by atoms with E-state index in [1.807, 2.05) is 24.3 Å². The van der Waals surface area contributed by atoms with E-state index in [0.717, 1.165) is 12.7 Å². The first kappa shape index (κ1) is 23.7. The molecule has 0 saturated heterocycles. The van der Waals surface area contributed by atoms with E-state index in [1.54, 1.807) is 37.3 Å². The molecule has 0 amide bonds. The van der Waals surface area contributed by atoms with E-state index in [2.05, 4.69) is 51.3 Å². The van der Waals surface area contributed by atoms with E-state index in [4.69, 9.17) is 10.5 Å². The van der Waals surface area contributed by atoms with Crippen molar-refractivity contribution in [3.05, 3.63) is 93.9 Å². The summed E-state index contributed by atoms with van der Waals surface area (Å²) in [6.45, 7) is 2.00. The number of carbonyl (C=O) groups excluding carboxylic acids is 1. The fourth-order valence-corrected chi connectivity index (χ4v) is 6.64. The van der Waals surface area contributed by atoms with Gasteiger partial charge in [0.05, 0.1) is 34.3 Å². The van der Waals surface area contributed by atoms with Crippen LogP contribution in [0.2, 0.25) is 0 Å². The lowest BCUT2D eigenvalue weighted by Gasteiger charge is -2.23. The number of halogens is 2. The maximum absolute atomic E-state index is 13.3. The Morgan fingerprint density at radius 3 is 2.64 bits per heavy atom. The van der Waals surface area contributed by atoms with E-state index in [1.165, 1.54) is 15.9 Å². The molecule has 166 valence electrons. The number of hydrogen-bond acceptors (Lipinski definition) is 6. The van der Waals surface area contributed by atoms with Crippen LogP contribution < -0.4 is 20.5 Å². The number of carbonyl (C=O) groups is 1. The second kappa shape index (κ2) is 9.82. The SMILES string of the molecule is CCOC(=O)c1ccccc1/C=c1/sc2n(c1=O)C(N)=C(C#N)C(c1ccccc1I)C=2I. The summed E-state index contributed by atoms with van der Waals surface area (Å²) in [5, 5.41) is 9.93. The first-order valence-electron chi connectivity index (χ1n) is 9.93. The standard InChI is InChI=1S/C24H17I2N3O3S/c1-2-32-24(31)14-8-4-3-7-13(14)11-18-22(30)29-21(28)16(12-27)19(20(26)23(29)33-18)15-9-5-6-10-17(15)25/h3-11,19H,2,28H2,1H3/b18-11+. The van der Waals surface area contributed by atoms with Crippen molar-refractivity contribution in [3.63, 3.8) is 0 Å². The lowest BCUT2D eigenvalue weighted by molar-refractivity contribution is 0.0526. The Labute approximate surface area is 221 Å². The van der Waals surface area contributed by atoms with Crippen molar-refractivity contribution in [2.24, 2.45) is 5.73 Å². The van der Waals surface area contributed by atoms with Gasteiger partial charge in [-0.05, 0) is 81.4 Å². The molecule has 0 spiro atoms. The number of ether oxygens (including phenoxy) is 1. The van der Waals surface area contributed by atoms with Crippen molar-refractivity contribution in [2.45, 2.75) is 12.8 Å². The highest BCUT2D eigenvalue weighted by Gasteiger charge is 2.31. The molecule has 6 nitrogen and oxygen atoms in total. The molecule has 9 heteroatoms. The van der Waals surface area contributed by atoms with Crippen LogP contribution in [0.1, 0.15) is 34.3 Å². The number of aromatic nitrogens is 1. The third-order valence-corrected chi connectivity index (χ3v) is 8.76. The van der Waals surface area contributed by atoms with Gasteiger partial charge in [0.25, 0.3) is 5.56 Å². The Morgan fingerprint density at radius 1 is 1.24 bits per heavy atom. The Bertz CT molecular complexity index is 1530. The van der Waals surface area contributed by atoms with Crippen molar-refractivity contribution in [1.29, 1.82) is 5.26 Å². The first-order valence-corrected chi connectivity index (χ1v) is 12.9. The zero-order valence-electron chi connectivity index (χ0n) is 17.3. The molecule has 1 atom stereocenters. The molecule has 0 bridgehead atoms. The number of thiazole rings is 1. The summed E-state index contributed by atoms with van der Waals surface area (Å²) in [6.07, 6.45) is 1.68. The van der Waals surface area contributed by atoms with Gasteiger partial charge in [-0.15, -0.1) is 11.3 Å². The fraction of sp³-hybridized carbons (Fsp3) is 0.125. The first-order chi connectivity index (χ1) is 15.9. The highest BCUT2D eigenvalue weighted by atomic mass is 127. The van der Waals surface area contributed by atoms with Crippen molar-refractivity contribution in [2.75, 3.05) is 6.61 Å². The fourth-order valence-electron chi connectivity index (χ4n) is 3.66.